The second-order valence-corrected chi connectivity index (χ2v) is 9.80. The van der Waals surface area contributed by atoms with E-state index >= 15 is 0 Å². The number of carbonyl (C=O) groups excluding carboxylic acids is 1. The fourth-order valence-electron chi connectivity index (χ4n) is 3.98. The van der Waals surface area contributed by atoms with Crippen LogP contribution in [-0.4, -0.2) is 65.0 Å². The fourth-order valence-corrected chi connectivity index (χ4v) is 5.10. The maximum absolute atomic E-state index is 13.1. The number of pyridine rings is 1. The smallest absolute Gasteiger partial charge is 0.243 e. The van der Waals surface area contributed by atoms with Crippen LogP contribution in [0.2, 0.25) is 0 Å². The number of sulfonamides is 1. The molecule has 0 atom stereocenters. The van der Waals surface area contributed by atoms with Crippen LogP contribution in [0.3, 0.4) is 0 Å². The molecule has 0 aliphatic carbocycles. The summed E-state index contributed by atoms with van der Waals surface area (Å²) < 4.78 is 41.2. The lowest BCUT2D eigenvalue weighted by molar-refractivity contribution is -0.132. The molecule has 31 heavy (non-hydrogen) atoms. The average molecular weight is 446 g/mol. The van der Waals surface area contributed by atoms with E-state index in [1.807, 2.05) is 19.2 Å². The second kappa shape index (κ2) is 8.35. The number of fused-ring (bicyclic) bond motifs is 1. The predicted octanol–water partition coefficient (Wildman–Crippen LogP) is 2.13. The van der Waals surface area contributed by atoms with Gasteiger partial charge in [-0.2, -0.15) is 9.40 Å². The Morgan fingerprint density at radius 2 is 1.87 bits per heavy atom. The van der Waals surface area contributed by atoms with Gasteiger partial charge in [0, 0.05) is 44.7 Å². The molecule has 8 nitrogen and oxygen atoms in total. The molecule has 1 aliphatic rings. The van der Waals surface area contributed by atoms with Crippen LogP contribution in [0.15, 0.2) is 47.5 Å². The monoisotopic (exact) mass is 445 g/mol. The number of aromatic nitrogens is 3. The van der Waals surface area contributed by atoms with Gasteiger partial charge in [-0.15, -0.1) is 0 Å². The molecule has 1 saturated heterocycles. The van der Waals surface area contributed by atoms with Crippen molar-refractivity contribution in [1.82, 2.24) is 24.0 Å². The van der Waals surface area contributed by atoms with Gasteiger partial charge in [-0.3, -0.25) is 9.48 Å². The Morgan fingerprint density at radius 3 is 2.55 bits per heavy atom. The van der Waals surface area contributed by atoms with Crippen LogP contribution in [0.25, 0.3) is 11.0 Å². The Morgan fingerprint density at radius 1 is 1.19 bits per heavy atom. The van der Waals surface area contributed by atoms with Gasteiger partial charge in [0.05, 0.1) is 17.1 Å². The van der Waals surface area contributed by atoms with Crippen LogP contribution in [-0.2, 0) is 21.9 Å². The molecule has 0 spiro atoms. The van der Waals surface area contributed by atoms with Gasteiger partial charge in [0.2, 0.25) is 15.9 Å². The van der Waals surface area contributed by atoms with Gasteiger partial charge in [-0.05, 0) is 49.2 Å². The van der Waals surface area contributed by atoms with Gasteiger partial charge in [0.1, 0.15) is 5.82 Å². The SMILES string of the molecule is CN(CC(=O)N1CCC(c2nn(C)c3ncccc23)CC1)S(=O)(=O)c1ccc(F)cc1. The molecule has 1 aliphatic heterocycles. The highest BCUT2D eigenvalue weighted by Gasteiger charge is 2.30. The first kappa shape index (κ1) is 21.4. The third-order valence-electron chi connectivity index (χ3n) is 5.74. The standard InChI is InChI=1S/C21H24FN5O3S/c1-25(31(29,30)17-7-5-16(22)6-8-17)14-19(28)27-12-9-15(10-13-27)20-18-4-3-11-23-21(18)26(2)24-20/h3-8,11,15H,9-10,12-14H2,1-2H3. The van der Waals surface area contributed by atoms with Gasteiger partial charge in [-0.25, -0.2) is 17.8 Å². The lowest BCUT2D eigenvalue weighted by Crippen LogP contribution is -2.44. The van der Waals surface area contributed by atoms with Gasteiger partial charge < -0.3 is 4.90 Å². The summed E-state index contributed by atoms with van der Waals surface area (Å²) in [5, 5.41) is 5.67. The Hall–Kier alpha value is -2.85. The normalized spacial score (nSPS) is 15.7. The third kappa shape index (κ3) is 4.17. The van der Waals surface area contributed by atoms with Gasteiger partial charge in [0.15, 0.2) is 5.65 Å². The Bertz CT molecular complexity index is 1200. The van der Waals surface area contributed by atoms with E-state index in [2.05, 4.69) is 10.1 Å². The highest BCUT2D eigenvalue weighted by atomic mass is 32.2. The van der Waals surface area contributed by atoms with Crippen LogP contribution in [0.4, 0.5) is 4.39 Å². The average Bonchev–Trinajstić information content (AvgIpc) is 3.11. The molecule has 2 aromatic heterocycles. The number of hydrogen-bond acceptors (Lipinski definition) is 5. The predicted molar refractivity (Wildman–Crippen MR) is 113 cm³/mol. The first-order chi connectivity index (χ1) is 14.8. The van der Waals surface area contributed by atoms with Crippen molar-refractivity contribution in [3.8, 4) is 0 Å². The topological polar surface area (TPSA) is 88.4 Å². The minimum absolute atomic E-state index is 0.0430. The molecular weight excluding hydrogens is 421 g/mol. The molecule has 0 unspecified atom stereocenters. The highest BCUT2D eigenvalue weighted by molar-refractivity contribution is 7.89. The summed E-state index contributed by atoms with van der Waals surface area (Å²) >= 11 is 0. The zero-order valence-corrected chi connectivity index (χ0v) is 18.2. The quantitative estimate of drug-likeness (QED) is 0.600. The summed E-state index contributed by atoms with van der Waals surface area (Å²) in [5.41, 5.74) is 1.83. The van der Waals surface area contributed by atoms with E-state index in [0.29, 0.717) is 13.1 Å². The number of carbonyl (C=O) groups is 1. The van der Waals surface area contributed by atoms with E-state index in [-0.39, 0.29) is 23.3 Å². The van der Waals surface area contributed by atoms with Crippen molar-refractivity contribution >= 4 is 27.0 Å². The molecule has 1 aromatic carbocycles. The van der Waals surface area contributed by atoms with Gasteiger partial charge in [-0.1, -0.05) is 0 Å². The number of rotatable bonds is 5. The summed E-state index contributed by atoms with van der Waals surface area (Å²) in [5.74, 6) is -0.547. The molecule has 0 bridgehead atoms. The molecule has 164 valence electrons. The van der Waals surface area contributed by atoms with Crippen molar-refractivity contribution < 1.29 is 17.6 Å². The maximum atomic E-state index is 13.1. The van der Waals surface area contributed by atoms with E-state index < -0.39 is 15.8 Å². The summed E-state index contributed by atoms with van der Waals surface area (Å²) in [6.07, 6.45) is 3.24. The van der Waals surface area contributed by atoms with Crippen LogP contribution in [0.5, 0.6) is 0 Å². The van der Waals surface area contributed by atoms with Crippen molar-refractivity contribution in [2.75, 3.05) is 26.7 Å². The van der Waals surface area contributed by atoms with E-state index in [1.54, 1.807) is 15.8 Å². The molecular formula is C21H24FN5O3S. The number of piperidine rings is 1. The summed E-state index contributed by atoms with van der Waals surface area (Å²) in [7, 11) is -0.638. The zero-order valence-electron chi connectivity index (χ0n) is 17.4. The number of likely N-dealkylation sites (tertiary alicyclic amines) is 1. The van der Waals surface area contributed by atoms with Crippen molar-refractivity contribution in [1.29, 1.82) is 0 Å². The molecule has 0 N–H and O–H groups in total. The zero-order chi connectivity index (χ0) is 22.2. The highest BCUT2D eigenvalue weighted by Crippen LogP contribution is 2.31. The Labute approximate surface area is 180 Å². The minimum Gasteiger partial charge on any atom is -0.342 e. The van der Waals surface area contributed by atoms with Gasteiger partial charge in [0.25, 0.3) is 0 Å². The molecule has 1 fully saturated rings. The molecule has 3 heterocycles. The lowest BCUT2D eigenvalue weighted by Gasteiger charge is -2.32. The van der Waals surface area contributed by atoms with E-state index in [9.17, 15) is 17.6 Å². The van der Waals surface area contributed by atoms with E-state index in [0.717, 1.165) is 46.0 Å². The molecule has 1 amide bonds. The van der Waals surface area contributed by atoms with Gasteiger partial charge >= 0.3 is 0 Å². The largest absolute Gasteiger partial charge is 0.342 e. The van der Waals surface area contributed by atoms with Crippen molar-refractivity contribution in [3.05, 3.63) is 54.1 Å². The molecule has 0 radical (unpaired) electrons. The molecule has 10 heteroatoms. The first-order valence-corrected chi connectivity index (χ1v) is 11.5. The maximum Gasteiger partial charge on any atom is 0.243 e. The number of aryl methyl sites for hydroxylation is 1. The molecule has 4 rings (SSSR count). The lowest BCUT2D eigenvalue weighted by atomic mass is 9.92. The van der Waals surface area contributed by atoms with Crippen molar-refractivity contribution in [2.45, 2.75) is 23.7 Å². The number of nitrogens with zero attached hydrogens (tertiary/aromatic N) is 5. The van der Waals surface area contributed by atoms with Crippen LogP contribution in [0, 0.1) is 5.82 Å². The minimum atomic E-state index is -3.87. The third-order valence-corrected chi connectivity index (χ3v) is 7.56. The van der Waals surface area contributed by atoms with E-state index in [4.69, 9.17) is 0 Å². The Balaban J connectivity index is 1.39. The number of likely N-dealkylation sites (N-methyl/N-ethyl adjacent to an activating group) is 1. The molecule has 3 aromatic rings. The molecule has 0 saturated carbocycles. The second-order valence-electron chi connectivity index (χ2n) is 7.75. The number of halogens is 1. The number of benzene rings is 1. The number of hydrogen-bond donors (Lipinski definition) is 0. The van der Waals surface area contributed by atoms with Crippen LogP contribution in [0.1, 0.15) is 24.5 Å². The summed E-state index contributed by atoms with van der Waals surface area (Å²) in [6, 6.07) is 8.47. The summed E-state index contributed by atoms with van der Waals surface area (Å²) in [4.78, 5) is 18.8. The summed E-state index contributed by atoms with van der Waals surface area (Å²) in [6.45, 7) is 0.805. The van der Waals surface area contributed by atoms with Crippen LogP contribution >= 0.6 is 0 Å². The Kier molecular flexibility index (Phi) is 5.76. The van der Waals surface area contributed by atoms with Crippen LogP contribution < -0.4 is 0 Å². The van der Waals surface area contributed by atoms with Crippen molar-refractivity contribution in [3.63, 3.8) is 0 Å². The number of amides is 1. The fraction of sp³-hybridized carbons (Fsp3) is 0.381. The first-order valence-electron chi connectivity index (χ1n) is 10.0. The van der Waals surface area contributed by atoms with E-state index in [1.165, 1.54) is 19.2 Å². The van der Waals surface area contributed by atoms with Crippen molar-refractivity contribution in [2.24, 2.45) is 7.05 Å².